The molecule has 0 aliphatic rings. The molecule has 0 saturated carbocycles. The van der Waals surface area contributed by atoms with Crippen molar-refractivity contribution < 1.29 is 4.74 Å². The summed E-state index contributed by atoms with van der Waals surface area (Å²) >= 11 is 12.0. The minimum atomic E-state index is 0.160. The van der Waals surface area contributed by atoms with E-state index < -0.39 is 0 Å². The van der Waals surface area contributed by atoms with Crippen molar-refractivity contribution in [1.82, 2.24) is 9.97 Å². The molecule has 0 radical (unpaired) electrons. The number of halogens is 2. The molecule has 0 atom stereocenters. The van der Waals surface area contributed by atoms with E-state index in [4.69, 9.17) is 27.9 Å². The Morgan fingerprint density at radius 2 is 1.62 bits per heavy atom. The second-order valence-electron chi connectivity index (χ2n) is 4.79. The first-order chi connectivity index (χ1) is 10.0. The van der Waals surface area contributed by atoms with Gasteiger partial charge >= 0.3 is 0 Å². The van der Waals surface area contributed by atoms with Crippen molar-refractivity contribution in [2.75, 3.05) is 0 Å². The van der Waals surface area contributed by atoms with E-state index in [9.17, 15) is 0 Å². The highest BCUT2D eigenvalue weighted by atomic mass is 35.5. The molecule has 1 heterocycles. The zero-order chi connectivity index (χ0) is 15.0. The number of ether oxygens (including phenoxy) is 1. The summed E-state index contributed by atoms with van der Waals surface area (Å²) < 4.78 is 5.99. The van der Waals surface area contributed by atoms with Crippen molar-refractivity contribution in [1.29, 1.82) is 0 Å². The summed E-state index contributed by atoms with van der Waals surface area (Å²) in [7, 11) is 0. The van der Waals surface area contributed by atoms with Crippen LogP contribution >= 0.6 is 23.2 Å². The number of nitrogens with zero attached hydrogens (tertiary/aromatic N) is 2. The quantitative estimate of drug-likeness (QED) is 0.598. The molecular weight excluding hydrogens is 307 g/mol. The van der Waals surface area contributed by atoms with Gasteiger partial charge in [-0.1, -0.05) is 23.7 Å². The van der Waals surface area contributed by atoms with Crippen LogP contribution in [0.1, 0.15) is 11.1 Å². The first-order valence-electron chi connectivity index (χ1n) is 6.41. The molecule has 0 aliphatic heterocycles. The minimum Gasteiger partial charge on any atom is -0.438 e. The average molecular weight is 319 g/mol. The third-order valence-corrected chi connectivity index (χ3v) is 3.55. The van der Waals surface area contributed by atoms with Gasteiger partial charge in [-0.2, -0.15) is 4.98 Å². The number of para-hydroxylation sites is 1. The maximum Gasteiger partial charge on any atom is 0.231 e. The molecule has 0 spiro atoms. The fraction of sp³-hybridized carbons (Fsp3) is 0.125. The van der Waals surface area contributed by atoms with E-state index in [1.165, 1.54) is 0 Å². The molecule has 5 heteroatoms. The molecule has 3 nitrogen and oxygen atoms in total. The molecule has 0 bridgehead atoms. The Labute approximate surface area is 132 Å². The zero-order valence-corrected chi connectivity index (χ0v) is 13.0. The Morgan fingerprint density at radius 3 is 2.33 bits per heavy atom. The van der Waals surface area contributed by atoms with E-state index in [0.717, 1.165) is 27.8 Å². The van der Waals surface area contributed by atoms with E-state index in [1.807, 2.05) is 50.2 Å². The highest BCUT2D eigenvalue weighted by molar-refractivity contribution is 6.30. The van der Waals surface area contributed by atoms with Gasteiger partial charge in [0.15, 0.2) is 0 Å². The highest BCUT2D eigenvalue weighted by Crippen LogP contribution is 2.33. The van der Waals surface area contributed by atoms with Crippen LogP contribution in [0.15, 0.2) is 36.4 Å². The maximum absolute atomic E-state index is 6.04. The molecule has 0 fully saturated rings. The van der Waals surface area contributed by atoms with Crippen molar-refractivity contribution in [3.8, 4) is 11.6 Å². The fourth-order valence-electron chi connectivity index (χ4n) is 2.25. The molecule has 21 heavy (non-hydrogen) atoms. The molecule has 0 saturated heterocycles. The second kappa shape index (κ2) is 5.51. The van der Waals surface area contributed by atoms with E-state index in [0.29, 0.717) is 10.9 Å². The van der Waals surface area contributed by atoms with E-state index in [-0.39, 0.29) is 5.28 Å². The number of aryl methyl sites for hydroxylation is 2. The van der Waals surface area contributed by atoms with Crippen LogP contribution in [-0.4, -0.2) is 9.97 Å². The van der Waals surface area contributed by atoms with Crippen LogP contribution < -0.4 is 4.74 Å². The Morgan fingerprint density at radius 1 is 0.952 bits per heavy atom. The molecule has 2 aromatic carbocycles. The van der Waals surface area contributed by atoms with Gasteiger partial charge in [0.05, 0.1) is 10.9 Å². The molecule has 1 aromatic heterocycles. The first-order valence-corrected chi connectivity index (χ1v) is 7.17. The standard InChI is InChI=1S/C16H12Cl2N2O/c1-9-7-11(17)8-10(2)14(9)21-15-12-5-3-4-6-13(12)19-16(18)20-15/h3-8H,1-2H3. The molecule has 3 rings (SSSR count). The largest absolute Gasteiger partial charge is 0.438 e. The van der Waals surface area contributed by atoms with Gasteiger partial charge in [0.2, 0.25) is 11.2 Å². The number of benzene rings is 2. The molecule has 0 unspecified atom stereocenters. The fourth-order valence-corrected chi connectivity index (χ4v) is 2.75. The van der Waals surface area contributed by atoms with Crippen molar-refractivity contribution >= 4 is 34.1 Å². The number of rotatable bonds is 2. The van der Waals surface area contributed by atoms with Crippen molar-refractivity contribution in [3.05, 3.63) is 57.8 Å². The molecular formula is C16H12Cl2N2O. The number of aromatic nitrogens is 2. The Bertz CT molecular complexity index is 811. The topological polar surface area (TPSA) is 35.0 Å². The third kappa shape index (κ3) is 2.80. The Balaban J connectivity index is 2.15. The number of fused-ring (bicyclic) bond motifs is 1. The van der Waals surface area contributed by atoms with Crippen LogP contribution in [0.4, 0.5) is 0 Å². The van der Waals surface area contributed by atoms with Crippen LogP contribution in [-0.2, 0) is 0 Å². The summed E-state index contributed by atoms with van der Waals surface area (Å²) in [4.78, 5) is 8.39. The third-order valence-electron chi connectivity index (χ3n) is 3.16. The van der Waals surface area contributed by atoms with Crippen LogP contribution in [0.2, 0.25) is 10.3 Å². The molecule has 106 valence electrons. The van der Waals surface area contributed by atoms with Crippen LogP contribution in [0.5, 0.6) is 11.6 Å². The van der Waals surface area contributed by atoms with Gasteiger partial charge in [-0.3, -0.25) is 0 Å². The van der Waals surface area contributed by atoms with Gasteiger partial charge in [0, 0.05) is 5.02 Å². The minimum absolute atomic E-state index is 0.160. The lowest BCUT2D eigenvalue weighted by Crippen LogP contribution is -1.96. The molecule has 3 aromatic rings. The summed E-state index contributed by atoms with van der Waals surface area (Å²) in [6.07, 6.45) is 0. The van der Waals surface area contributed by atoms with E-state index in [2.05, 4.69) is 9.97 Å². The summed E-state index contributed by atoms with van der Waals surface area (Å²) in [5.41, 5.74) is 2.63. The predicted molar refractivity (Wildman–Crippen MR) is 85.5 cm³/mol. The number of hydrogen-bond donors (Lipinski definition) is 0. The normalized spacial score (nSPS) is 10.9. The van der Waals surface area contributed by atoms with Gasteiger partial charge in [-0.15, -0.1) is 0 Å². The van der Waals surface area contributed by atoms with Crippen LogP contribution in [0, 0.1) is 13.8 Å². The second-order valence-corrected chi connectivity index (χ2v) is 5.56. The molecule has 0 amide bonds. The van der Waals surface area contributed by atoms with Gasteiger partial charge in [0.25, 0.3) is 0 Å². The lowest BCUT2D eigenvalue weighted by molar-refractivity contribution is 0.461. The van der Waals surface area contributed by atoms with Gasteiger partial charge in [-0.05, 0) is 60.8 Å². The average Bonchev–Trinajstić information content (AvgIpc) is 2.42. The monoisotopic (exact) mass is 318 g/mol. The van der Waals surface area contributed by atoms with Crippen molar-refractivity contribution in [2.24, 2.45) is 0 Å². The predicted octanol–water partition coefficient (Wildman–Crippen LogP) is 5.35. The summed E-state index contributed by atoms with van der Waals surface area (Å²) in [5.74, 6) is 1.18. The summed E-state index contributed by atoms with van der Waals surface area (Å²) in [6.45, 7) is 3.89. The SMILES string of the molecule is Cc1cc(Cl)cc(C)c1Oc1nc(Cl)nc2ccccc12. The zero-order valence-electron chi connectivity index (χ0n) is 11.5. The Kier molecular flexibility index (Phi) is 3.70. The molecule has 0 aliphatic carbocycles. The number of hydrogen-bond acceptors (Lipinski definition) is 3. The summed E-state index contributed by atoms with van der Waals surface area (Å²) in [5, 5.41) is 1.66. The van der Waals surface area contributed by atoms with E-state index >= 15 is 0 Å². The van der Waals surface area contributed by atoms with E-state index in [1.54, 1.807) is 0 Å². The van der Waals surface area contributed by atoms with Crippen LogP contribution in [0.3, 0.4) is 0 Å². The highest BCUT2D eigenvalue weighted by Gasteiger charge is 2.12. The van der Waals surface area contributed by atoms with Gasteiger partial charge in [0.1, 0.15) is 5.75 Å². The van der Waals surface area contributed by atoms with Crippen LogP contribution in [0.25, 0.3) is 10.9 Å². The lowest BCUT2D eigenvalue weighted by atomic mass is 10.1. The first kappa shape index (κ1) is 14.1. The van der Waals surface area contributed by atoms with Gasteiger partial charge in [-0.25, -0.2) is 4.98 Å². The van der Waals surface area contributed by atoms with Gasteiger partial charge < -0.3 is 4.74 Å². The lowest BCUT2D eigenvalue weighted by Gasteiger charge is -2.13. The smallest absolute Gasteiger partial charge is 0.231 e. The van der Waals surface area contributed by atoms with Crippen molar-refractivity contribution in [3.63, 3.8) is 0 Å². The van der Waals surface area contributed by atoms with Crippen molar-refractivity contribution in [2.45, 2.75) is 13.8 Å². The maximum atomic E-state index is 6.04. The Hall–Kier alpha value is -1.84. The molecule has 0 N–H and O–H groups in total. The summed E-state index contributed by atoms with van der Waals surface area (Å²) in [6, 6.07) is 11.3.